The lowest BCUT2D eigenvalue weighted by atomic mass is 10.1. The van der Waals surface area contributed by atoms with Crippen LogP contribution in [0.3, 0.4) is 0 Å². The van der Waals surface area contributed by atoms with Crippen LogP contribution in [-0.4, -0.2) is 45.1 Å². The van der Waals surface area contributed by atoms with Gasteiger partial charge in [-0.05, 0) is 25.9 Å². The summed E-state index contributed by atoms with van der Waals surface area (Å²) in [7, 11) is 1.86. The summed E-state index contributed by atoms with van der Waals surface area (Å²) in [6, 6.07) is 0.376. The number of nitrogens with zero attached hydrogens (tertiary/aromatic N) is 4. The molecule has 8 heteroatoms. The molecule has 0 bridgehead atoms. The number of aromatic nitrogens is 4. The maximum atomic E-state index is 7.51. The molecule has 0 unspecified atom stereocenters. The highest BCUT2D eigenvalue weighted by Crippen LogP contribution is 2.18. The van der Waals surface area contributed by atoms with Gasteiger partial charge in [-0.3, -0.25) is 4.68 Å². The molecule has 120 valence electrons. The summed E-state index contributed by atoms with van der Waals surface area (Å²) < 4.78 is 1.71. The van der Waals surface area contributed by atoms with Crippen molar-refractivity contribution in [1.29, 1.82) is 5.41 Å². The van der Waals surface area contributed by atoms with E-state index < -0.39 is 0 Å². The van der Waals surface area contributed by atoms with Gasteiger partial charge in [0.05, 0.1) is 17.4 Å². The van der Waals surface area contributed by atoms with Crippen LogP contribution < -0.4 is 16.0 Å². The Kier molecular flexibility index (Phi) is 4.29. The van der Waals surface area contributed by atoms with Gasteiger partial charge in [-0.2, -0.15) is 10.1 Å². The van der Waals surface area contributed by atoms with E-state index in [0.717, 1.165) is 31.6 Å². The van der Waals surface area contributed by atoms with E-state index in [4.69, 9.17) is 5.41 Å². The van der Waals surface area contributed by atoms with Gasteiger partial charge in [-0.15, -0.1) is 0 Å². The van der Waals surface area contributed by atoms with Gasteiger partial charge >= 0.3 is 0 Å². The first-order chi connectivity index (χ1) is 10.7. The summed E-state index contributed by atoms with van der Waals surface area (Å²) in [6.07, 6.45) is 8.60. The third-order valence-electron chi connectivity index (χ3n) is 3.61. The van der Waals surface area contributed by atoms with Crippen molar-refractivity contribution in [3.8, 4) is 0 Å². The molecule has 4 N–H and O–H groups in total. The fourth-order valence-electron chi connectivity index (χ4n) is 2.45. The Hall–Kier alpha value is -2.48. The maximum absolute atomic E-state index is 7.51. The Morgan fingerprint density at radius 3 is 2.91 bits per heavy atom. The fourth-order valence-corrected chi connectivity index (χ4v) is 2.45. The molecular weight excluding hydrogens is 280 g/mol. The highest BCUT2D eigenvalue weighted by Gasteiger charge is 2.15. The summed E-state index contributed by atoms with van der Waals surface area (Å²) in [5, 5.41) is 21.5. The molecule has 8 nitrogen and oxygen atoms in total. The molecule has 0 amide bonds. The van der Waals surface area contributed by atoms with E-state index in [1.165, 1.54) is 6.21 Å². The number of rotatable bonds is 5. The van der Waals surface area contributed by atoms with Crippen molar-refractivity contribution in [3.63, 3.8) is 0 Å². The van der Waals surface area contributed by atoms with Crippen molar-refractivity contribution < 1.29 is 2.85 Å². The van der Waals surface area contributed by atoms with Crippen LogP contribution in [0.5, 0.6) is 0 Å². The van der Waals surface area contributed by atoms with Crippen LogP contribution in [0.2, 0.25) is 0 Å². The monoisotopic (exact) mass is 304 g/mol. The van der Waals surface area contributed by atoms with Gasteiger partial charge in [0.1, 0.15) is 5.82 Å². The predicted octanol–water partition coefficient (Wildman–Crippen LogP) is 1.61. The number of hydrogen-bond acceptors (Lipinski definition) is 7. The largest absolute Gasteiger partial charge is 0.367 e. The second kappa shape index (κ2) is 6.52. The SMILES string of the molecule is Cn1cc(Nc2ncc(C=N)c(NC3CCNCC3)n2)cn1.[HH].[HH]. The number of nitrogens with one attached hydrogen (secondary N) is 4. The molecule has 1 saturated heterocycles. The molecule has 1 aliphatic heterocycles. The lowest BCUT2D eigenvalue weighted by Crippen LogP contribution is -2.35. The average Bonchev–Trinajstić information content (AvgIpc) is 2.94. The molecule has 3 heterocycles. The van der Waals surface area contributed by atoms with Crippen molar-refractivity contribution in [2.45, 2.75) is 18.9 Å². The zero-order chi connectivity index (χ0) is 15.4. The standard InChI is InChI=1S/C14H20N8.2H2/c1-22-9-12(8-18-22)20-14-17-7-10(6-15)13(21-14)19-11-2-4-16-5-3-11;;/h6-9,11,15-16H,2-5H2,1H3,(H2,17,19,20,21);2*1H. The van der Waals surface area contributed by atoms with Gasteiger partial charge in [0.2, 0.25) is 5.95 Å². The van der Waals surface area contributed by atoms with E-state index in [0.29, 0.717) is 23.4 Å². The minimum absolute atomic E-state index is 0. The molecule has 0 aliphatic carbocycles. The Bertz CT molecular complexity index is 654. The molecule has 0 spiro atoms. The molecular formula is C14H24N8. The summed E-state index contributed by atoms with van der Waals surface area (Å²) in [5.41, 5.74) is 1.52. The molecule has 2 aromatic heterocycles. The second-order valence-corrected chi connectivity index (χ2v) is 5.34. The summed E-state index contributed by atoms with van der Waals surface area (Å²) in [5.74, 6) is 1.19. The number of hydrogen-bond donors (Lipinski definition) is 4. The van der Waals surface area contributed by atoms with Gasteiger partial charge in [-0.25, -0.2) is 4.98 Å². The van der Waals surface area contributed by atoms with Crippen molar-refractivity contribution in [3.05, 3.63) is 24.2 Å². The normalized spacial score (nSPS) is 15.5. The van der Waals surface area contributed by atoms with Crippen molar-refractivity contribution in [2.24, 2.45) is 7.05 Å². The highest BCUT2D eigenvalue weighted by molar-refractivity contribution is 5.84. The first-order valence-electron chi connectivity index (χ1n) is 7.35. The molecule has 0 saturated carbocycles. The molecule has 0 atom stereocenters. The third kappa shape index (κ3) is 3.40. The Labute approximate surface area is 131 Å². The number of piperidine rings is 1. The Balaban J connectivity index is 0.00000144. The van der Waals surface area contributed by atoms with E-state index in [-0.39, 0.29) is 2.85 Å². The van der Waals surface area contributed by atoms with Gasteiger partial charge in [0, 0.05) is 34.6 Å². The number of anilines is 3. The lowest BCUT2D eigenvalue weighted by molar-refractivity contribution is 0.478. The van der Waals surface area contributed by atoms with Crippen LogP contribution in [0, 0.1) is 5.41 Å². The Morgan fingerprint density at radius 2 is 2.23 bits per heavy atom. The van der Waals surface area contributed by atoms with Crippen LogP contribution in [0.15, 0.2) is 18.6 Å². The third-order valence-corrected chi connectivity index (χ3v) is 3.61. The minimum atomic E-state index is 0. The van der Waals surface area contributed by atoms with Crippen molar-refractivity contribution in [2.75, 3.05) is 23.7 Å². The van der Waals surface area contributed by atoms with Gasteiger partial charge in [-0.1, -0.05) is 0 Å². The molecule has 3 rings (SSSR count). The van der Waals surface area contributed by atoms with E-state index in [2.05, 4.69) is 31.0 Å². The summed E-state index contributed by atoms with van der Waals surface area (Å²) in [4.78, 5) is 8.75. The fraction of sp³-hybridized carbons (Fsp3) is 0.429. The van der Waals surface area contributed by atoms with E-state index in [1.54, 1.807) is 17.1 Å². The second-order valence-electron chi connectivity index (χ2n) is 5.34. The molecule has 22 heavy (non-hydrogen) atoms. The zero-order valence-electron chi connectivity index (χ0n) is 12.5. The predicted molar refractivity (Wildman–Crippen MR) is 90.2 cm³/mol. The average molecular weight is 304 g/mol. The van der Waals surface area contributed by atoms with Gasteiger partial charge in [0.25, 0.3) is 0 Å². The minimum Gasteiger partial charge on any atom is -0.367 e. The van der Waals surface area contributed by atoms with Crippen LogP contribution in [-0.2, 0) is 7.05 Å². The van der Waals surface area contributed by atoms with E-state index in [9.17, 15) is 0 Å². The smallest absolute Gasteiger partial charge is 0.229 e. The lowest BCUT2D eigenvalue weighted by Gasteiger charge is -2.24. The topological polar surface area (TPSA) is 104 Å². The zero-order valence-corrected chi connectivity index (χ0v) is 12.5. The van der Waals surface area contributed by atoms with Crippen LogP contribution >= 0.6 is 0 Å². The maximum Gasteiger partial charge on any atom is 0.229 e. The van der Waals surface area contributed by atoms with E-state index in [1.807, 2.05) is 13.2 Å². The molecule has 2 aromatic rings. The summed E-state index contributed by atoms with van der Waals surface area (Å²) in [6.45, 7) is 2.01. The number of aryl methyl sites for hydroxylation is 1. The van der Waals surface area contributed by atoms with Crippen molar-refractivity contribution >= 4 is 23.7 Å². The molecule has 0 radical (unpaired) electrons. The molecule has 0 aromatic carbocycles. The summed E-state index contributed by atoms with van der Waals surface area (Å²) >= 11 is 0. The molecule has 1 aliphatic rings. The van der Waals surface area contributed by atoms with Crippen LogP contribution in [0.4, 0.5) is 17.5 Å². The van der Waals surface area contributed by atoms with Gasteiger partial charge in [0.15, 0.2) is 0 Å². The van der Waals surface area contributed by atoms with E-state index >= 15 is 0 Å². The van der Waals surface area contributed by atoms with Crippen LogP contribution in [0.1, 0.15) is 21.3 Å². The highest BCUT2D eigenvalue weighted by atomic mass is 15.3. The Morgan fingerprint density at radius 1 is 1.41 bits per heavy atom. The quantitative estimate of drug-likeness (QED) is 0.626. The van der Waals surface area contributed by atoms with Gasteiger partial charge < -0.3 is 21.4 Å². The molecule has 1 fully saturated rings. The van der Waals surface area contributed by atoms with Crippen molar-refractivity contribution in [1.82, 2.24) is 25.1 Å². The first kappa shape index (κ1) is 14.5. The first-order valence-corrected chi connectivity index (χ1v) is 7.35. The van der Waals surface area contributed by atoms with Crippen LogP contribution in [0.25, 0.3) is 0 Å².